The Morgan fingerprint density at radius 3 is 2.15 bits per heavy atom. The Morgan fingerprint density at radius 1 is 1.04 bits per heavy atom. The number of amides is 1. The average molecular weight is 352 g/mol. The zero-order valence-corrected chi connectivity index (χ0v) is 15.7. The van der Waals surface area contributed by atoms with E-state index in [1.807, 2.05) is 48.5 Å². The Hall–Kier alpha value is -2.33. The van der Waals surface area contributed by atoms with Crippen LogP contribution in [0.2, 0.25) is 0 Å². The molecule has 1 unspecified atom stereocenters. The number of carbonyl (C=O) groups is 1. The molecule has 0 bridgehead atoms. The maximum absolute atomic E-state index is 12.4. The van der Waals surface area contributed by atoms with Gasteiger partial charge in [0.2, 0.25) is 0 Å². The minimum atomic E-state index is -0.858. The molecule has 1 saturated heterocycles. The molecular formula is C22H28N2O2. The fourth-order valence-electron chi connectivity index (χ4n) is 4.15. The molecule has 0 aliphatic carbocycles. The van der Waals surface area contributed by atoms with Gasteiger partial charge in [-0.1, -0.05) is 81.4 Å². The number of nitrogens with zero attached hydrogens (tertiary/aromatic N) is 1. The minimum Gasteiger partial charge on any atom is -0.465 e. The quantitative estimate of drug-likeness (QED) is 0.851. The lowest BCUT2D eigenvalue weighted by atomic mass is 9.79. The first-order valence-corrected chi connectivity index (χ1v) is 9.21. The number of hydrogen-bond donors (Lipinski definition) is 2. The molecule has 2 aromatic rings. The number of rotatable bonds is 4. The van der Waals surface area contributed by atoms with Crippen LogP contribution in [0.15, 0.2) is 60.7 Å². The topological polar surface area (TPSA) is 52.6 Å². The van der Waals surface area contributed by atoms with Crippen LogP contribution in [0.5, 0.6) is 0 Å². The lowest BCUT2D eigenvalue weighted by Gasteiger charge is -2.43. The third-order valence-corrected chi connectivity index (χ3v) is 5.20. The first-order chi connectivity index (χ1) is 12.4. The summed E-state index contributed by atoms with van der Waals surface area (Å²) in [5.74, 6) is 0.154. The predicted octanol–water partition coefficient (Wildman–Crippen LogP) is 4.51. The van der Waals surface area contributed by atoms with Crippen molar-refractivity contribution in [3.8, 4) is 0 Å². The highest BCUT2D eigenvalue weighted by Crippen LogP contribution is 2.42. The van der Waals surface area contributed by atoms with Crippen LogP contribution in [0.25, 0.3) is 0 Å². The van der Waals surface area contributed by atoms with Crippen molar-refractivity contribution in [2.45, 2.75) is 38.8 Å². The highest BCUT2D eigenvalue weighted by Gasteiger charge is 2.43. The largest absolute Gasteiger partial charge is 0.465 e. The van der Waals surface area contributed by atoms with Gasteiger partial charge in [0.15, 0.2) is 0 Å². The summed E-state index contributed by atoms with van der Waals surface area (Å²) in [5, 5.41) is 13.6. The van der Waals surface area contributed by atoms with Gasteiger partial charge in [-0.3, -0.25) is 4.90 Å². The van der Waals surface area contributed by atoms with Crippen LogP contribution in [0.3, 0.4) is 0 Å². The molecule has 1 aliphatic rings. The number of hydrogen-bond acceptors (Lipinski definition) is 2. The van der Waals surface area contributed by atoms with Gasteiger partial charge in [-0.05, 0) is 16.5 Å². The van der Waals surface area contributed by atoms with Gasteiger partial charge in [0, 0.05) is 19.0 Å². The van der Waals surface area contributed by atoms with Crippen LogP contribution < -0.4 is 5.32 Å². The van der Waals surface area contributed by atoms with Gasteiger partial charge in [-0.25, -0.2) is 4.79 Å². The summed E-state index contributed by atoms with van der Waals surface area (Å²) < 4.78 is 0. The third-order valence-electron chi connectivity index (χ3n) is 5.20. The van der Waals surface area contributed by atoms with E-state index < -0.39 is 6.09 Å². The molecule has 1 heterocycles. The molecule has 2 aromatic carbocycles. The van der Waals surface area contributed by atoms with Gasteiger partial charge in [0.25, 0.3) is 0 Å². The van der Waals surface area contributed by atoms with E-state index in [1.54, 1.807) is 4.90 Å². The van der Waals surface area contributed by atoms with E-state index in [2.05, 4.69) is 38.2 Å². The van der Waals surface area contributed by atoms with E-state index in [0.717, 1.165) is 12.1 Å². The molecule has 0 saturated carbocycles. The second-order valence-electron chi connectivity index (χ2n) is 8.11. The SMILES string of the molecule is CC(C)(C)C(c1ccccc1)N(C(=O)O)[C@@H]1CNC[C@@H]1c1ccccc1. The molecule has 26 heavy (non-hydrogen) atoms. The minimum absolute atomic E-state index is 0.0978. The molecule has 0 aromatic heterocycles. The van der Waals surface area contributed by atoms with Crippen LogP contribution in [0, 0.1) is 5.41 Å². The number of benzene rings is 2. The molecule has 0 radical (unpaired) electrons. The Bertz CT molecular complexity index is 725. The Morgan fingerprint density at radius 2 is 1.62 bits per heavy atom. The second kappa shape index (κ2) is 7.50. The summed E-state index contributed by atoms with van der Waals surface area (Å²) in [6, 6.07) is 19.9. The number of nitrogens with one attached hydrogen (secondary N) is 1. The molecular weight excluding hydrogens is 324 g/mol. The Balaban J connectivity index is 2.03. The molecule has 138 valence electrons. The van der Waals surface area contributed by atoms with Crippen LogP contribution in [-0.4, -0.2) is 35.2 Å². The fraction of sp³-hybridized carbons (Fsp3) is 0.409. The smallest absolute Gasteiger partial charge is 0.408 e. The third kappa shape index (κ3) is 3.75. The van der Waals surface area contributed by atoms with E-state index in [1.165, 1.54) is 5.56 Å². The second-order valence-corrected chi connectivity index (χ2v) is 8.11. The van der Waals surface area contributed by atoms with Crippen LogP contribution >= 0.6 is 0 Å². The summed E-state index contributed by atoms with van der Waals surface area (Å²) in [5.41, 5.74) is 2.01. The van der Waals surface area contributed by atoms with Crippen molar-refractivity contribution >= 4 is 6.09 Å². The number of carboxylic acid groups (broad SMARTS) is 1. The van der Waals surface area contributed by atoms with Crippen molar-refractivity contribution in [1.82, 2.24) is 10.2 Å². The molecule has 3 atom stereocenters. The highest BCUT2D eigenvalue weighted by atomic mass is 16.4. The molecule has 1 fully saturated rings. The molecule has 0 spiro atoms. The van der Waals surface area contributed by atoms with Crippen molar-refractivity contribution < 1.29 is 9.90 Å². The van der Waals surface area contributed by atoms with Gasteiger partial charge < -0.3 is 10.4 Å². The Kier molecular flexibility index (Phi) is 5.33. The van der Waals surface area contributed by atoms with E-state index in [4.69, 9.17) is 0 Å². The van der Waals surface area contributed by atoms with Crippen molar-refractivity contribution in [1.29, 1.82) is 0 Å². The van der Waals surface area contributed by atoms with Gasteiger partial charge >= 0.3 is 6.09 Å². The van der Waals surface area contributed by atoms with Crippen LogP contribution in [0.1, 0.15) is 43.9 Å². The van der Waals surface area contributed by atoms with E-state index in [9.17, 15) is 9.90 Å². The fourth-order valence-corrected chi connectivity index (χ4v) is 4.15. The van der Waals surface area contributed by atoms with E-state index in [0.29, 0.717) is 6.54 Å². The first-order valence-electron chi connectivity index (χ1n) is 9.21. The van der Waals surface area contributed by atoms with E-state index >= 15 is 0 Å². The van der Waals surface area contributed by atoms with Crippen LogP contribution in [-0.2, 0) is 0 Å². The van der Waals surface area contributed by atoms with Crippen molar-refractivity contribution in [2.75, 3.05) is 13.1 Å². The predicted molar refractivity (Wildman–Crippen MR) is 104 cm³/mol. The van der Waals surface area contributed by atoms with Gasteiger partial charge in [-0.2, -0.15) is 0 Å². The molecule has 4 heteroatoms. The lowest BCUT2D eigenvalue weighted by molar-refractivity contribution is 0.0541. The summed E-state index contributed by atoms with van der Waals surface area (Å²) in [6.45, 7) is 7.80. The van der Waals surface area contributed by atoms with Crippen molar-refractivity contribution in [2.24, 2.45) is 5.41 Å². The zero-order valence-electron chi connectivity index (χ0n) is 15.7. The molecule has 2 N–H and O–H groups in total. The van der Waals surface area contributed by atoms with Crippen molar-refractivity contribution in [3.63, 3.8) is 0 Å². The van der Waals surface area contributed by atoms with Gasteiger partial charge in [0.1, 0.15) is 0 Å². The standard InChI is InChI=1S/C22H28N2O2/c1-22(2,3)20(17-12-8-5-9-13-17)24(21(25)26)19-15-23-14-18(19)16-10-6-4-7-11-16/h4-13,18-20,23H,14-15H2,1-3H3,(H,25,26)/t18-,19-,20?/m1/s1. The summed E-state index contributed by atoms with van der Waals surface area (Å²) >= 11 is 0. The Labute approximate surface area is 155 Å². The maximum atomic E-state index is 12.4. The molecule has 1 aliphatic heterocycles. The molecule has 3 rings (SSSR count). The summed E-state index contributed by atoms with van der Waals surface area (Å²) in [6.07, 6.45) is -0.858. The average Bonchev–Trinajstić information content (AvgIpc) is 3.08. The lowest BCUT2D eigenvalue weighted by Crippen LogP contribution is -2.49. The van der Waals surface area contributed by atoms with Gasteiger partial charge in [-0.15, -0.1) is 0 Å². The first kappa shape index (κ1) is 18.5. The van der Waals surface area contributed by atoms with Crippen LogP contribution in [0.4, 0.5) is 4.79 Å². The summed E-state index contributed by atoms with van der Waals surface area (Å²) in [4.78, 5) is 14.1. The zero-order chi connectivity index (χ0) is 18.7. The maximum Gasteiger partial charge on any atom is 0.408 e. The molecule has 1 amide bonds. The normalized spacial score (nSPS) is 21.3. The highest BCUT2D eigenvalue weighted by molar-refractivity contribution is 5.67. The van der Waals surface area contributed by atoms with E-state index in [-0.39, 0.29) is 23.4 Å². The van der Waals surface area contributed by atoms with Crippen molar-refractivity contribution in [3.05, 3.63) is 71.8 Å². The summed E-state index contributed by atoms with van der Waals surface area (Å²) in [7, 11) is 0. The van der Waals surface area contributed by atoms with Gasteiger partial charge in [0.05, 0.1) is 12.1 Å². The molecule has 4 nitrogen and oxygen atoms in total. The monoisotopic (exact) mass is 352 g/mol.